The standard InChI is InChI=1S/C32H29F4N6O6P/c1-3-41-30-26(27(39-42(30)24-10-5-4-6-11-24)19(2)40(17-37)18-48-49(45,46)47)25(20-12-14-23(33)15-13-20)28(31(41)44)38-29(43)21-8-7-9-22(16-21)32(34,35)36/h4-16,19,25,28H,3,18H2,1-2H3,(H,38,43)(H2,45,46,47)/t19-,25+,28+/m1/s1. The summed E-state index contributed by atoms with van der Waals surface area (Å²) in [5.41, 5.74) is -0.214. The van der Waals surface area contributed by atoms with Gasteiger partial charge in [-0.15, -0.1) is 0 Å². The van der Waals surface area contributed by atoms with Crippen molar-refractivity contribution in [3.63, 3.8) is 0 Å². The number of hydrogen-bond acceptors (Lipinski definition) is 7. The third kappa shape index (κ3) is 7.35. The molecule has 0 saturated carbocycles. The molecule has 12 nitrogen and oxygen atoms in total. The highest BCUT2D eigenvalue weighted by molar-refractivity contribution is 7.46. The first-order chi connectivity index (χ1) is 23.1. The molecule has 0 saturated heterocycles. The summed E-state index contributed by atoms with van der Waals surface area (Å²) in [5, 5.41) is 17.4. The minimum atomic E-state index is -5.01. The SMILES string of the molecule is CCN1C(=O)[C@@H](NC(=O)c2cccc(C(F)(F)F)c2)[C@@H](c2ccc(F)cc2)c2c([C@@H](C)N(C#N)COP(=O)(O)O)nn(-c3ccccc3)c21. The second-order valence-electron chi connectivity index (χ2n) is 11.0. The van der Waals surface area contributed by atoms with Gasteiger partial charge in [0, 0.05) is 23.6 Å². The van der Waals surface area contributed by atoms with Gasteiger partial charge in [-0.2, -0.15) is 23.5 Å². The summed E-state index contributed by atoms with van der Waals surface area (Å²) in [4.78, 5) is 48.8. The van der Waals surface area contributed by atoms with E-state index in [1.807, 2.05) is 6.19 Å². The van der Waals surface area contributed by atoms with Crippen LogP contribution < -0.4 is 10.2 Å². The number of carbonyl (C=O) groups is 2. The lowest BCUT2D eigenvalue weighted by molar-refractivity contribution is -0.137. The summed E-state index contributed by atoms with van der Waals surface area (Å²) in [7, 11) is -5.01. The minimum absolute atomic E-state index is 0.0352. The fourth-order valence-electron chi connectivity index (χ4n) is 5.69. The van der Waals surface area contributed by atoms with Crippen molar-refractivity contribution in [2.45, 2.75) is 38.0 Å². The molecule has 17 heteroatoms. The van der Waals surface area contributed by atoms with Gasteiger partial charge < -0.3 is 15.1 Å². The Morgan fingerprint density at radius 1 is 1.12 bits per heavy atom. The third-order valence-corrected chi connectivity index (χ3v) is 8.45. The monoisotopic (exact) mass is 700 g/mol. The van der Waals surface area contributed by atoms with Crippen LogP contribution in [0, 0.1) is 17.3 Å². The maximum absolute atomic E-state index is 14.4. The van der Waals surface area contributed by atoms with Crippen molar-refractivity contribution in [2.24, 2.45) is 0 Å². The Bertz CT molecular complexity index is 1940. The Morgan fingerprint density at radius 2 is 1.80 bits per heavy atom. The van der Waals surface area contributed by atoms with E-state index >= 15 is 0 Å². The zero-order valence-electron chi connectivity index (χ0n) is 25.9. The van der Waals surface area contributed by atoms with Gasteiger partial charge in [0.2, 0.25) is 0 Å². The molecule has 3 N–H and O–H groups in total. The molecule has 0 bridgehead atoms. The summed E-state index contributed by atoms with van der Waals surface area (Å²) in [6.45, 7) is 2.36. The van der Waals surface area contributed by atoms with Crippen LogP contribution >= 0.6 is 7.82 Å². The van der Waals surface area contributed by atoms with E-state index in [0.717, 1.165) is 29.2 Å². The maximum atomic E-state index is 14.4. The zero-order valence-corrected chi connectivity index (χ0v) is 26.8. The lowest BCUT2D eigenvalue weighted by Crippen LogP contribution is -2.55. The van der Waals surface area contributed by atoms with Crippen LogP contribution in [0.4, 0.5) is 23.4 Å². The number of nitriles is 1. The van der Waals surface area contributed by atoms with E-state index in [1.54, 1.807) is 37.3 Å². The van der Waals surface area contributed by atoms with Crippen LogP contribution in [0.25, 0.3) is 5.69 Å². The number of halogens is 4. The number of likely N-dealkylation sites (N-methyl/N-ethyl adjacent to an activating group) is 1. The van der Waals surface area contributed by atoms with Gasteiger partial charge in [0.05, 0.1) is 23.0 Å². The molecule has 1 aliphatic rings. The van der Waals surface area contributed by atoms with Gasteiger partial charge in [-0.3, -0.25) is 23.9 Å². The molecule has 4 aromatic rings. The number of anilines is 1. The van der Waals surface area contributed by atoms with E-state index in [-0.39, 0.29) is 29.2 Å². The van der Waals surface area contributed by atoms with Crippen molar-refractivity contribution in [3.8, 4) is 11.9 Å². The molecule has 1 aromatic heterocycles. The average molecular weight is 701 g/mol. The number of carbonyl (C=O) groups excluding carboxylic acids is 2. The summed E-state index contributed by atoms with van der Waals surface area (Å²) < 4.78 is 72.2. The van der Waals surface area contributed by atoms with Crippen LogP contribution in [0.15, 0.2) is 78.9 Å². The number of nitrogens with one attached hydrogen (secondary N) is 1. The first-order valence-electron chi connectivity index (χ1n) is 14.7. The summed E-state index contributed by atoms with van der Waals surface area (Å²) in [6, 6.07) is 14.8. The van der Waals surface area contributed by atoms with Crippen LogP contribution in [0.5, 0.6) is 0 Å². The second kappa shape index (κ2) is 13.8. The van der Waals surface area contributed by atoms with E-state index in [9.17, 15) is 46.8 Å². The number of hydrogen-bond donors (Lipinski definition) is 3. The number of nitrogens with zero attached hydrogens (tertiary/aromatic N) is 5. The first kappa shape index (κ1) is 35.2. The lowest BCUT2D eigenvalue weighted by atomic mass is 9.80. The van der Waals surface area contributed by atoms with Gasteiger partial charge in [0.15, 0.2) is 6.19 Å². The topological polar surface area (TPSA) is 161 Å². The highest BCUT2D eigenvalue weighted by Crippen LogP contribution is 2.46. The minimum Gasteiger partial charge on any atom is -0.339 e. The van der Waals surface area contributed by atoms with Crippen molar-refractivity contribution in [1.29, 1.82) is 5.26 Å². The molecule has 2 amide bonds. The first-order valence-corrected chi connectivity index (χ1v) is 16.3. The highest BCUT2D eigenvalue weighted by Gasteiger charge is 2.47. The molecule has 256 valence electrons. The lowest BCUT2D eigenvalue weighted by Gasteiger charge is -2.39. The Labute approximate surface area is 277 Å². The molecule has 1 aliphatic heterocycles. The van der Waals surface area contributed by atoms with Crippen LogP contribution in [0.3, 0.4) is 0 Å². The van der Waals surface area contributed by atoms with E-state index in [1.165, 1.54) is 34.7 Å². The number of fused-ring (bicyclic) bond motifs is 1. The predicted octanol–water partition coefficient (Wildman–Crippen LogP) is 5.24. The van der Waals surface area contributed by atoms with Crippen molar-refractivity contribution < 1.29 is 46.0 Å². The molecule has 0 aliphatic carbocycles. The summed E-state index contributed by atoms with van der Waals surface area (Å²) >= 11 is 0. The van der Waals surface area contributed by atoms with E-state index in [4.69, 9.17) is 5.10 Å². The highest BCUT2D eigenvalue weighted by atomic mass is 31.2. The molecule has 0 radical (unpaired) electrons. The van der Waals surface area contributed by atoms with Gasteiger partial charge in [-0.25, -0.2) is 13.6 Å². The van der Waals surface area contributed by atoms with Crippen molar-refractivity contribution in [1.82, 2.24) is 20.0 Å². The number of benzene rings is 3. The van der Waals surface area contributed by atoms with Gasteiger partial charge in [-0.1, -0.05) is 36.4 Å². The molecule has 3 atom stereocenters. The Morgan fingerprint density at radius 3 is 2.39 bits per heavy atom. The fraction of sp³-hybridized carbons (Fsp3) is 0.250. The Balaban J connectivity index is 1.74. The van der Waals surface area contributed by atoms with Gasteiger partial charge in [0.25, 0.3) is 11.8 Å². The third-order valence-electron chi connectivity index (χ3n) is 8.00. The normalized spacial score (nSPS) is 16.9. The molecule has 0 unspecified atom stereocenters. The predicted molar refractivity (Wildman–Crippen MR) is 166 cm³/mol. The summed E-state index contributed by atoms with van der Waals surface area (Å²) in [5.74, 6) is -3.16. The van der Waals surface area contributed by atoms with E-state index < -0.39 is 61.9 Å². The van der Waals surface area contributed by atoms with Crippen LogP contribution in [-0.2, 0) is 20.1 Å². The molecule has 2 heterocycles. The van der Waals surface area contributed by atoms with Crippen molar-refractivity contribution >= 4 is 25.5 Å². The van der Waals surface area contributed by atoms with Crippen LogP contribution in [-0.4, -0.2) is 55.6 Å². The number of phosphoric acid groups is 1. The summed E-state index contributed by atoms with van der Waals surface area (Å²) in [6.07, 6.45) is -2.91. The average Bonchev–Trinajstić information content (AvgIpc) is 3.45. The smallest absolute Gasteiger partial charge is 0.339 e. The molecular formula is C32H29F4N6O6P. The number of para-hydroxylation sites is 1. The van der Waals surface area contributed by atoms with E-state index in [0.29, 0.717) is 17.3 Å². The molecule has 3 aromatic carbocycles. The molecule has 0 fully saturated rings. The Hall–Kier alpha value is -5.07. The largest absolute Gasteiger partial charge is 0.471 e. The zero-order chi connectivity index (χ0) is 35.7. The van der Waals surface area contributed by atoms with Gasteiger partial charge >= 0.3 is 14.0 Å². The van der Waals surface area contributed by atoms with E-state index in [2.05, 4.69) is 9.84 Å². The van der Waals surface area contributed by atoms with Crippen molar-refractivity contribution in [2.75, 3.05) is 18.2 Å². The second-order valence-corrected chi connectivity index (χ2v) is 12.2. The number of rotatable bonds is 10. The fourth-order valence-corrected chi connectivity index (χ4v) is 5.96. The number of amides is 2. The number of aromatic nitrogens is 2. The van der Waals surface area contributed by atoms with Crippen molar-refractivity contribution in [3.05, 3.63) is 113 Å². The quantitative estimate of drug-likeness (QED) is 0.0661. The Kier molecular flexibility index (Phi) is 9.93. The molecule has 49 heavy (non-hydrogen) atoms. The number of alkyl halides is 3. The van der Waals surface area contributed by atoms with Crippen LogP contribution in [0.1, 0.15) is 58.5 Å². The maximum Gasteiger partial charge on any atom is 0.471 e. The molecule has 5 rings (SSSR count). The number of phosphoric ester groups is 1. The van der Waals surface area contributed by atoms with Gasteiger partial charge in [-0.05, 0) is 61.9 Å². The molecular weight excluding hydrogens is 671 g/mol. The van der Waals surface area contributed by atoms with Gasteiger partial charge in [0.1, 0.15) is 24.4 Å². The molecule has 0 spiro atoms. The van der Waals surface area contributed by atoms with Crippen LogP contribution in [0.2, 0.25) is 0 Å².